The Morgan fingerprint density at radius 1 is 0.667 bits per heavy atom. The molecule has 0 N–H and O–H groups in total. The second-order valence-electron chi connectivity index (χ2n) is 6.13. The molecule has 0 saturated heterocycles. The molecule has 0 aromatic rings. The highest BCUT2D eigenvalue weighted by atomic mass is 15.2. The smallest absolute Gasteiger partial charge is 0.00954 e. The van der Waals surface area contributed by atoms with Crippen LogP contribution >= 0.6 is 0 Å². The first-order valence-corrected chi connectivity index (χ1v) is 7.16. The lowest BCUT2D eigenvalue weighted by Gasteiger charge is -2.34. The van der Waals surface area contributed by atoms with Crippen molar-refractivity contribution in [3.63, 3.8) is 0 Å². The summed E-state index contributed by atoms with van der Waals surface area (Å²) in [5.41, 5.74) is 0. The molecule has 3 aliphatic carbocycles. The van der Waals surface area contributed by atoms with Crippen LogP contribution in [-0.4, -0.2) is 24.0 Å². The Morgan fingerprint density at radius 2 is 1.20 bits per heavy atom. The van der Waals surface area contributed by atoms with Gasteiger partial charge in [0.15, 0.2) is 0 Å². The molecule has 0 aliphatic heterocycles. The van der Waals surface area contributed by atoms with E-state index in [4.69, 9.17) is 0 Å². The highest BCUT2D eigenvalue weighted by Crippen LogP contribution is 2.36. The van der Waals surface area contributed by atoms with Crippen molar-refractivity contribution in [2.24, 2.45) is 11.8 Å². The molecule has 1 heteroatoms. The second-order valence-corrected chi connectivity index (χ2v) is 6.13. The summed E-state index contributed by atoms with van der Waals surface area (Å²) in [6, 6.07) is 0.972. The van der Waals surface area contributed by atoms with E-state index in [1.807, 2.05) is 0 Å². The molecular weight excluding hydrogens is 182 g/mol. The highest BCUT2D eigenvalue weighted by molar-refractivity contribution is 4.86. The van der Waals surface area contributed by atoms with Gasteiger partial charge in [0.05, 0.1) is 0 Å². The van der Waals surface area contributed by atoms with E-state index in [0.717, 1.165) is 17.9 Å². The molecule has 0 radical (unpaired) electrons. The zero-order chi connectivity index (χ0) is 10.1. The van der Waals surface area contributed by atoms with Crippen LogP contribution in [0, 0.1) is 11.8 Å². The summed E-state index contributed by atoms with van der Waals surface area (Å²) in [5.74, 6) is 2.18. The fourth-order valence-corrected chi connectivity index (χ4v) is 3.08. The van der Waals surface area contributed by atoms with Crippen molar-refractivity contribution in [2.75, 3.05) is 13.1 Å². The summed E-state index contributed by atoms with van der Waals surface area (Å²) in [5, 5.41) is 0. The molecule has 0 spiro atoms. The molecule has 3 saturated carbocycles. The van der Waals surface area contributed by atoms with Gasteiger partial charge in [-0.3, -0.25) is 4.90 Å². The van der Waals surface area contributed by atoms with Crippen LogP contribution in [0.2, 0.25) is 0 Å². The Kier molecular flexibility index (Phi) is 3.01. The van der Waals surface area contributed by atoms with Crippen LogP contribution in [0.4, 0.5) is 0 Å². The molecule has 1 nitrogen and oxygen atoms in total. The maximum Gasteiger partial charge on any atom is 0.00954 e. The summed E-state index contributed by atoms with van der Waals surface area (Å²) in [6.45, 7) is 2.89. The lowest BCUT2D eigenvalue weighted by Crippen LogP contribution is -2.39. The van der Waals surface area contributed by atoms with Crippen LogP contribution in [0.25, 0.3) is 0 Å². The molecule has 0 aromatic carbocycles. The minimum absolute atomic E-state index is 0.972. The van der Waals surface area contributed by atoms with Gasteiger partial charge in [0, 0.05) is 19.1 Å². The summed E-state index contributed by atoms with van der Waals surface area (Å²) < 4.78 is 0. The molecule has 0 atom stereocenters. The predicted octanol–water partition coefficient (Wildman–Crippen LogP) is 3.44. The molecule has 0 aromatic heterocycles. The minimum atomic E-state index is 0.972. The van der Waals surface area contributed by atoms with E-state index < -0.39 is 0 Å². The monoisotopic (exact) mass is 207 g/mol. The van der Waals surface area contributed by atoms with Crippen molar-refractivity contribution in [3.8, 4) is 0 Å². The zero-order valence-electron chi connectivity index (χ0n) is 9.96. The Morgan fingerprint density at radius 3 is 1.67 bits per heavy atom. The fourth-order valence-electron chi connectivity index (χ4n) is 3.08. The average molecular weight is 207 g/mol. The van der Waals surface area contributed by atoms with Crippen molar-refractivity contribution in [2.45, 2.75) is 63.8 Å². The van der Waals surface area contributed by atoms with E-state index in [1.54, 1.807) is 0 Å². The number of nitrogens with zero attached hydrogens (tertiary/aromatic N) is 1. The Balaban J connectivity index is 1.53. The lowest BCUT2D eigenvalue weighted by molar-refractivity contribution is 0.143. The van der Waals surface area contributed by atoms with Crippen molar-refractivity contribution in [1.29, 1.82) is 0 Å². The summed E-state index contributed by atoms with van der Waals surface area (Å²) >= 11 is 0. The summed E-state index contributed by atoms with van der Waals surface area (Å²) in [4.78, 5) is 2.88. The van der Waals surface area contributed by atoms with Crippen molar-refractivity contribution in [1.82, 2.24) is 4.90 Å². The van der Waals surface area contributed by atoms with Gasteiger partial charge in [0.2, 0.25) is 0 Å². The summed E-state index contributed by atoms with van der Waals surface area (Å²) in [7, 11) is 0. The number of rotatable bonds is 5. The van der Waals surface area contributed by atoms with E-state index in [9.17, 15) is 0 Å². The number of hydrogen-bond donors (Lipinski definition) is 0. The van der Waals surface area contributed by atoms with Crippen molar-refractivity contribution < 1.29 is 0 Å². The normalized spacial score (nSPS) is 28.6. The Hall–Kier alpha value is -0.0400. The zero-order valence-corrected chi connectivity index (χ0v) is 9.96. The van der Waals surface area contributed by atoms with Crippen molar-refractivity contribution in [3.05, 3.63) is 0 Å². The first kappa shape index (κ1) is 10.1. The van der Waals surface area contributed by atoms with Gasteiger partial charge >= 0.3 is 0 Å². The third kappa shape index (κ3) is 2.96. The Bertz CT molecular complexity index is 185. The van der Waals surface area contributed by atoms with E-state index in [2.05, 4.69) is 4.90 Å². The first-order valence-electron chi connectivity index (χ1n) is 7.16. The molecule has 3 fully saturated rings. The molecule has 0 heterocycles. The van der Waals surface area contributed by atoms with Gasteiger partial charge in [-0.1, -0.05) is 19.3 Å². The standard InChI is InChI=1S/C14H25N/c1-2-4-14(5-3-1)15(10-12-6-7-12)11-13-8-9-13/h12-14H,1-11H2. The molecule has 0 unspecified atom stereocenters. The third-order valence-corrected chi connectivity index (χ3v) is 4.47. The molecule has 15 heavy (non-hydrogen) atoms. The Labute approximate surface area is 94.2 Å². The van der Waals surface area contributed by atoms with Gasteiger partial charge in [-0.15, -0.1) is 0 Å². The highest BCUT2D eigenvalue weighted by Gasteiger charge is 2.32. The summed E-state index contributed by atoms with van der Waals surface area (Å²) in [6.07, 6.45) is 13.6. The largest absolute Gasteiger partial charge is 0.300 e. The maximum absolute atomic E-state index is 2.88. The quantitative estimate of drug-likeness (QED) is 0.667. The van der Waals surface area contributed by atoms with Gasteiger partial charge in [0.1, 0.15) is 0 Å². The van der Waals surface area contributed by atoms with Gasteiger partial charge in [-0.05, 0) is 50.4 Å². The fraction of sp³-hybridized carbons (Fsp3) is 1.00. The van der Waals surface area contributed by atoms with Crippen LogP contribution in [0.15, 0.2) is 0 Å². The van der Waals surface area contributed by atoms with Crippen LogP contribution in [0.1, 0.15) is 57.8 Å². The molecule has 3 rings (SSSR count). The molecule has 3 aliphatic rings. The van der Waals surface area contributed by atoms with Crippen LogP contribution in [0.3, 0.4) is 0 Å². The average Bonchev–Trinajstić information content (AvgIpc) is 3.13. The van der Waals surface area contributed by atoms with Gasteiger partial charge in [-0.2, -0.15) is 0 Å². The minimum Gasteiger partial charge on any atom is -0.300 e. The van der Waals surface area contributed by atoms with Crippen LogP contribution in [0.5, 0.6) is 0 Å². The first-order chi connectivity index (χ1) is 7.42. The topological polar surface area (TPSA) is 3.24 Å². The van der Waals surface area contributed by atoms with E-state index in [1.165, 1.54) is 70.9 Å². The van der Waals surface area contributed by atoms with Crippen LogP contribution in [-0.2, 0) is 0 Å². The molecule has 0 bridgehead atoms. The van der Waals surface area contributed by atoms with Gasteiger partial charge in [0.25, 0.3) is 0 Å². The second kappa shape index (κ2) is 4.45. The molecular formula is C14H25N. The van der Waals surface area contributed by atoms with Gasteiger partial charge < -0.3 is 0 Å². The van der Waals surface area contributed by atoms with Gasteiger partial charge in [-0.25, -0.2) is 0 Å². The third-order valence-electron chi connectivity index (χ3n) is 4.47. The maximum atomic E-state index is 2.88. The van der Waals surface area contributed by atoms with Crippen LogP contribution < -0.4 is 0 Å². The van der Waals surface area contributed by atoms with E-state index >= 15 is 0 Å². The lowest BCUT2D eigenvalue weighted by atomic mass is 9.94. The molecule has 0 amide bonds. The number of hydrogen-bond acceptors (Lipinski definition) is 1. The van der Waals surface area contributed by atoms with E-state index in [0.29, 0.717) is 0 Å². The predicted molar refractivity (Wildman–Crippen MR) is 63.9 cm³/mol. The SMILES string of the molecule is C1CCC(N(CC2CC2)CC2CC2)CC1. The van der Waals surface area contributed by atoms with Crippen molar-refractivity contribution >= 4 is 0 Å². The molecule has 86 valence electrons. The van der Waals surface area contributed by atoms with E-state index in [-0.39, 0.29) is 0 Å².